The molecule has 46 heavy (non-hydrogen) atoms. The lowest BCUT2D eigenvalue weighted by molar-refractivity contribution is -0.706. The molecule has 0 bridgehead atoms. The van der Waals surface area contributed by atoms with Gasteiger partial charge < -0.3 is 18.6 Å². The van der Waals surface area contributed by atoms with Crippen molar-refractivity contribution in [1.29, 1.82) is 0 Å². The van der Waals surface area contributed by atoms with E-state index in [-0.39, 0.29) is 13.3 Å². The first-order valence-corrected chi connectivity index (χ1v) is 17.1. The Hall–Kier alpha value is -4.59. The van der Waals surface area contributed by atoms with Crippen molar-refractivity contribution in [1.82, 2.24) is 0 Å². The Bertz CT molecular complexity index is 2070. The fourth-order valence-electron chi connectivity index (χ4n) is 5.26. The van der Waals surface area contributed by atoms with Crippen LogP contribution in [0, 0.1) is 0 Å². The summed E-state index contributed by atoms with van der Waals surface area (Å²) in [5.74, 6) is 0.612. The molecule has 1 atom stereocenters. The normalized spacial score (nSPS) is 14.9. The maximum atomic E-state index is 11.6. The van der Waals surface area contributed by atoms with Crippen LogP contribution in [0.4, 0.5) is 5.69 Å². The Morgan fingerprint density at radius 3 is 2.24 bits per heavy atom. The average molecular weight is 659 g/mol. The quantitative estimate of drug-likeness (QED) is 0.0994. The molecule has 1 aliphatic rings. The molecule has 1 unspecified atom stereocenters. The van der Waals surface area contributed by atoms with E-state index < -0.39 is 27.2 Å². The van der Waals surface area contributed by atoms with E-state index >= 15 is 0 Å². The van der Waals surface area contributed by atoms with E-state index in [2.05, 4.69) is 0 Å². The smallest absolute Gasteiger partial charge is 0.376 e. The van der Waals surface area contributed by atoms with E-state index in [1.165, 1.54) is 0 Å². The van der Waals surface area contributed by atoms with Crippen molar-refractivity contribution in [2.75, 3.05) is 17.2 Å². The van der Waals surface area contributed by atoms with Crippen LogP contribution in [0.5, 0.6) is 5.75 Å². The van der Waals surface area contributed by atoms with Crippen molar-refractivity contribution in [2.24, 2.45) is 0 Å². The number of anilines is 1. The van der Waals surface area contributed by atoms with Crippen LogP contribution in [-0.4, -0.2) is 34.0 Å². The molecule has 236 valence electrons. The summed E-state index contributed by atoms with van der Waals surface area (Å²) in [7, 11) is -4.51. The second-order valence-corrected chi connectivity index (χ2v) is 12.7. The number of fused-ring (bicyclic) bond motifs is 2. The summed E-state index contributed by atoms with van der Waals surface area (Å²) in [4.78, 5) is 1.68. The fraction of sp³-hybridized carbons (Fsp3) is 0.147. The van der Waals surface area contributed by atoms with Gasteiger partial charge in [-0.05, 0) is 52.4 Å². The number of hydrogen-bond donors (Lipinski definition) is 1. The molecule has 5 aromatic rings. The number of oxazole rings is 1. The highest BCUT2D eigenvalue weighted by Crippen LogP contribution is 2.42. The Labute approximate surface area is 269 Å². The van der Waals surface area contributed by atoms with Gasteiger partial charge >= 0.3 is 17.3 Å². The molecular weight excluding hydrogens is 629 g/mol. The highest BCUT2D eigenvalue weighted by Gasteiger charge is 2.28. The number of aromatic nitrogens is 1. The Morgan fingerprint density at radius 2 is 1.61 bits per heavy atom. The standard InChI is InChI=1S/C34H30N2O8S2/c1-2-24(20-34-36(23-42-45(37)38)30-22-28(14-16-32(30)44-34)26-11-7-4-8-12-26)19-33-35(17-18-46(39,40)41)29-21-27(13-15-31(29)43-33)25-9-5-3-6-10-25/h3-16,19-22H,2,17-18,23H2,1H3,(H-,37,38,39,40,41). The highest BCUT2D eigenvalue weighted by atomic mass is 32.2. The van der Waals surface area contributed by atoms with Gasteiger partial charge in [-0.2, -0.15) is 4.21 Å². The SMILES string of the molecule is CCC(=Cc1oc2ccc(-c3ccccc3)cc2[n+]1COS(=O)O)C=C1Oc2ccc(-c3ccccc3)cc2N1CCS(=O)(=O)[O-]. The topological polar surface area (TPSA) is 133 Å². The number of rotatable bonds is 11. The van der Waals surface area contributed by atoms with Crippen molar-refractivity contribution in [3.63, 3.8) is 0 Å². The van der Waals surface area contributed by atoms with E-state index in [0.717, 1.165) is 27.8 Å². The second kappa shape index (κ2) is 13.4. The van der Waals surface area contributed by atoms with Crippen molar-refractivity contribution in [2.45, 2.75) is 20.1 Å². The summed E-state index contributed by atoms with van der Waals surface area (Å²) in [5.41, 5.74) is 6.38. The lowest BCUT2D eigenvalue weighted by Crippen LogP contribution is -2.37. The van der Waals surface area contributed by atoms with Crippen LogP contribution in [0.1, 0.15) is 19.2 Å². The molecule has 0 radical (unpaired) electrons. The molecule has 1 aromatic heterocycles. The van der Waals surface area contributed by atoms with Gasteiger partial charge in [0, 0.05) is 18.7 Å². The van der Waals surface area contributed by atoms with Crippen LogP contribution < -0.4 is 14.2 Å². The molecule has 0 saturated carbocycles. The van der Waals surface area contributed by atoms with Crippen molar-refractivity contribution < 1.29 is 39.6 Å². The largest absolute Gasteiger partial charge is 0.748 e. The molecule has 6 rings (SSSR count). The zero-order valence-corrected chi connectivity index (χ0v) is 26.4. The molecule has 2 heterocycles. The van der Waals surface area contributed by atoms with E-state index in [0.29, 0.717) is 40.7 Å². The van der Waals surface area contributed by atoms with Gasteiger partial charge in [0.25, 0.3) is 12.2 Å². The Kier molecular flexibility index (Phi) is 9.15. The summed E-state index contributed by atoms with van der Waals surface area (Å²) in [6.45, 7) is 1.57. The summed E-state index contributed by atoms with van der Waals surface area (Å²) in [6, 6.07) is 30.8. The van der Waals surface area contributed by atoms with E-state index in [9.17, 15) is 21.7 Å². The lowest BCUT2D eigenvalue weighted by Gasteiger charge is -2.20. The molecule has 10 nitrogen and oxygen atoms in total. The third-order valence-corrected chi connectivity index (χ3v) is 8.54. The van der Waals surface area contributed by atoms with E-state index in [1.54, 1.807) is 21.6 Å². The number of nitrogens with zero attached hydrogens (tertiary/aromatic N) is 2. The minimum atomic E-state index is -4.51. The first-order chi connectivity index (χ1) is 22.2. The zero-order chi connectivity index (χ0) is 32.3. The van der Waals surface area contributed by atoms with E-state index in [1.807, 2.05) is 104 Å². The number of allylic oxidation sites excluding steroid dienone is 2. The monoisotopic (exact) mass is 658 g/mol. The predicted octanol–water partition coefficient (Wildman–Crippen LogP) is 6.24. The van der Waals surface area contributed by atoms with Gasteiger partial charge in [-0.1, -0.05) is 79.7 Å². The summed E-state index contributed by atoms with van der Waals surface area (Å²) in [6.07, 6.45) is 4.05. The molecule has 0 amide bonds. The average Bonchev–Trinajstić information content (AvgIpc) is 3.58. The van der Waals surface area contributed by atoms with Gasteiger partial charge in [0.15, 0.2) is 5.75 Å². The van der Waals surface area contributed by atoms with Crippen molar-refractivity contribution >= 4 is 44.3 Å². The number of hydrogen-bond acceptors (Lipinski definition) is 8. The van der Waals surface area contributed by atoms with Crippen LogP contribution in [0.2, 0.25) is 0 Å². The molecule has 0 fully saturated rings. The van der Waals surface area contributed by atoms with Crippen LogP contribution in [-0.2, 0) is 32.4 Å². The van der Waals surface area contributed by atoms with Crippen LogP contribution >= 0.6 is 0 Å². The van der Waals surface area contributed by atoms with E-state index in [4.69, 9.17) is 13.3 Å². The predicted molar refractivity (Wildman–Crippen MR) is 174 cm³/mol. The van der Waals surface area contributed by atoms with Gasteiger partial charge in [-0.25, -0.2) is 12.6 Å². The van der Waals surface area contributed by atoms with Crippen LogP contribution in [0.3, 0.4) is 0 Å². The van der Waals surface area contributed by atoms with Gasteiger partial charge in [-0.15, -0.1) is 4.57 Å². The molecule has 0 spiro atoms. The molecular formula is C34H30N2O8S2. The van der Waals surface area contributed by atoms with Gasteiger partial charge in [0.1, 0.15) is 0 Å². The maximum Gasteiger partial charge on any atom is 0.376 e. The number of ether oxygens (including phenoxy) is 1. The second-order valence-electron chi connectivity index (χ2n) is 10.5. The molecule has 4 aromatic carbocycles. The maximum absolute atomic E-state index is 11.6. The summed E-state index contributed by atoms with van der Waals surface area (Å²) < 4.78 is 74.9. The molecule has 0 saturated heterocycles. The van der Waals surface area contributed by atoms with Gasteiger partial charge in [0.05, 0.1) is 27.6 Å². The lowest BCUT2D eigenvalue weighted by atomic mass is 10.0. The molecule has 12 heteroatoms. The minimum absolute atomic E-state index is 0.108. The number of benzene rings is 4. The molecule has 1 aliphatic heterocycles. The Morgan fingerprint density at radius 1 is 0.957 bits per heavy atom. The summed E-state index contributed by atoms with van der Waals surface area (Å²) in [5, 5.41) is 0. The third-order valence-electron chi connectivity index (χ3n) is 7.55. The molecule has 1 N–H and O–H groups in total. The molecule has 0 aliphatic carbocycles. The first-order valence-electron chi connectivity index (χ1n) is 14.4. The van der Waals surface area contributed by atoms with Crippen LogP contribution in [0.25, 0.3) is 39.4 Å². The van der Waals surface area contributed by atoms with Gasteiger partial charge in [-0.3, -0.25) is 4.55 Å². The van der Waals surface area contributed by atoms with Crippen molar-refractivity contribution in [3.05, 3.63) is 120 Å². The third kappa shape index (κ3) is 7.11. The Balaban J connectivity index is 1.41. The summed E-state index contributed by atoms with van der Waals surface area (Å²) >= 11 is -2.51. The van der Waals surface area contributed by atoms with Crippen molar-refractivity contribution in [3.8, 4) is 28.0 Å². The minimum Gasteiger partial charge on any atom is -0.748 e. The highest BCUT2D eigenvalue weighted by molar-refractivity contribution is 7.85. The fourth-order valence-corrected chi connectivity index (χ4v) is 5.87. The first kappa shape index (κ1) is 31.4. The van der Waals surface area contributed by atoms with Crippen LogP contribution in [0.15, 0.2) is 119 Å². The zero-order valence-electron chi connectivity index (χ0n) is 24.7. The van der Waals surface area contributed by atoms with Gasteiger partial charge in [0.2, 0.25) is 11.5 Å².